The van der Waals surface area contributed by atoms with Gasteiger partial charge in [0.2, 0.25) is 0 Å². The van der Waals surface area contributed by atoms with Crippen LogP contribution in [-0.2, 0) is 0 Å². The quantitative estimate of drug-likeness (QED) is 0.317. The van der Waals surface area contributed by atoms with Crippen molar-refractivity contribution in [2.75, 3.05) is 14.1 Å². The van der Waals surface area contributed by atoms with Crippen LogP contribution in [0.15, 0.2) is 29.7 Å². The minimum absolute atomic E-state index is 0.156. The summed E-state index contributed by atoms with van der Waals surface area (Å²) in [5.74, 6) is 0.156. The summed E-state index contributed by atoms with van der Waals surface area (Å²) in [6.45, 7) is 0. The van der Waals surface area contributed by atoms with Gasteiger partial charge in [-0.15, -0.1) is 0 Å². The Kier molecular flexibility index (Phi) is 3.41. The Labute approximate surface area is 82.9 Å². The third-order valence-electron chi connectivity index (χ3n) is 1.91. The fraction of sp³-hybridized carbons (Fsp3) is 0.333. The topological polar surface area (TPSA) is 74.7 Å². The summed E-state index contributed by atoms with van der Waals surface area (Å²) >= 11 is 0. The smallest absolute Gasteiger partial charge is 0.161 e. The molecular formula is C9H14N4O. The summed E-state index contributed by atoms with van der Waals surface area (Å²) in [7, 11) is 3.71. The molecule has 1 aromatic heterocycles. The molecule has 5 nitrogen and oxygen atoms in total. The summed E-state index contributed by atoms with van der Waals surface area (Å²) in [4.78, 5) is 5.84. The van der Waals surface area contributed by atoms with Crippen LogP contribution in [0, 0.1) is 0 Å². The average molecular weight is 194 g/mol. The van der Waals surface area contributed by atoms with E-state index in [1.807, 2.05) is 31.1 Å². The highest BCUT2D eigenvalue weighted by atomic mass is 16.4. The lowest BCUT2D eigenvalue weighted by atomic mass is 10.1. The molecule has 1 aromatic rings. The second-order valence-electron chi connectivity index (χ2n) is 3.18. The van der Waals surface area contributed by atoms with Gasteiger partial charge in [0.25, 0.3) is 0 Å². The number of amidine groups is 1. The van der Waals surface area contributed by atoms with Crippen molar-refractivity contribution in [3.05, 3.63) is 30.1 Å². The van der Waals surface area contributed by atoms with E-state index in [9.17, 15) is 0 Å². The second kappa shape index (κ2) is 4.57. The maximum Gasteiger partial charge on any atom is 0.161 e. The van der Waals surface area contributed by atoms with E-state index in [0.29, 0.717) is 0 Å². The van der Waals surface area contributed by atoms with Crippen molar-refractivity contribution < 1.29 is 5.21 Å². The van der Waals surface area contributed by atoms with E-state index in [-0.39, 0.29) is 11.9 Å². The Morgan fingerprint density at radius 1 is 1.64 bits per heavy atom. The molecule has 0 aliphatic heterocycles. The Hall–Kier alpha value is -1.62. The Morgan fingerprint density at radius 2 is 2.36 bits per heavy atom. The molecule has 0 aliphatic carbocycles. The average Bonchev–Trinajstić information content (AvgIpc) is 2.19. The van der Waals surface area contributed by atoms with E-state index in [4.69, 9.17) is 10.9 Å². The molecule has 0 spiro atoms. The van der Waals surface area contributed by atoms with Gasteiger partial charge in [-0.05, 0) is 25.7 Å². The SMILES string of the molecule is CN(C)[C@H](C(N)=NO)c1cccnc1. The van der Waals surface area contributed by atoms with Gasteiger partial charge in [0.15, 0.2) is 5.84 Å². The van der Waals surface area contributed by atoms with E-state index >= 15 is 0 Å². The van der Waals surface area contributed by atoms with Crippen molar-refractivity contribution in [2.45, 2.75) is 6.04 Å². The highest BCUT2D eigenvalue weighted by Crippen LogP contribution is 2.16. The number of nitrogens with zero attached hydrogens (tertiary/aromatic N) is 3. The summed E-state index contributed by atoms with van der Waals surface area (Å²) in [5, 5.41) is 11.6. The molecule has 0 saturated carbocycles. The van der Waals surface area contributed by atoms with Crippen molar-refractivity contribution in [3.63, 3.8) is 0 Å². The van der Waals surface area contributed by atoms with Gasteiger partial charge in [0.1, 0.15) is 0 Å². The zero-order valence-corrected chi connectivity index (χ0v) is 8.25. The van der Waals surface area contributed by atoms with Crippen LogP contribution in [0.3, 0.4) is 0 Å². The van der Waals surface area contributed by atoms with Gasteiger partial charge in [0.05, 0.1) is 6.04 Å². The number of aromatic nitrogens is 1. The number of likely N-dealkylation sites (N-methyl/N-ethyl adjacent to an activating group) is 1. The lowest BCUT2D eigenvalue weighted by Crippen LogP contribution is -2.33. The molecule has 76 valence electrons. The Balaban J connectivity index is 3.01. The van der Waals surface area contributed by atoms with Crippen LogP contribution in [0.4, 0.5) is 0 Å². The number of nitrogens with two attached hydrogens (primary N) is 1. The molecule has 0 fully saturated rings. The van der Waals surface area contributed by atoms with Crippen molar-refractivity contribution in [3.8, 4) is 0 Å². The molecule has 0 aromatic carbocycles. The van der Waals surface area contributed by atoms with E-state index in [0.717, 1.165) is 5.56 Å². The number of hydrogen-bond donors (Lipinski definition) is 2. The minimum atomic E-state index is -0.242. The molecule has 3 N–H and O–H groups in total. The molecule has 0 bridgehead atoms. The number of oxime groups is 1. The lowest BCUT2D eigenvalue weighted by Gasteiger charge is -2.22. The van der Waals surface area contributed by atoms with Crippen LogP contribution in [0.2, 0.25) is 0 Å². The summed E-state index contributed by atoms with van der Waals surface area (Å²) in [5.41, 5.74) is 6.48. The second-order valence-corrected chi connectivity index (χ2v) is 3.18. The first-order chi connectivity index (χ1) is 6.66. The molecule has 0 aliphatic rings. The Morgan fingerprint density at radius 3 is 2.79 bits per heavy atom. The van der Waals surface area contributed by atoms with E-state index in [1.165, 1.54) is 0 Å². The standard InChI is InChI=1S/C9H14N4O/c1-13(2)8(9(10)12-14)7-4-3-5-11-6-7/h3-6,8,14H,1-2H3,(H2,10,12)/t8-/m0/s1. The highest BCUT2D eigenvalue weighted by Gasteiger charge is 2.18. The first-order valence-corrected chi connectivity index (χ1v) is 4.20. The number of pyridine rings is 1. The van der Waals surface area contributed by atoms with Crippen LogP contribution in [0.25, 0.3) is 0 Å². The third-order valence-corrected chi connectivity index (χ3v) is 1.91. The van der Waals surface area contributed by atoms with Gasteiger partial charge in [-0.25, -0.2) is 0 Å². The maximum atomic E-state index is 8.63. The normalized spacial score (nSPS) is 14.4. The largest absolute Gasteiger partial charge is 0.409 e. The summed E-state index contributed by atoms with van der Waals surface area (Å²) in [6, 6.07) is 3.46. The third kappa shape index (κ3) is 2.20. The zero-order chi connectivity index (χ0) is 10.6. The molecule has 0 unspecified atom stereocenters. The van der Waals surface area contributed by atoms with Crippen molar-refractivity contribution in [1.29, 1.82) is 0 Å². The number of hydrogen-bond acceptors (Lipinski definition) is 4. The molecule has 0 amide bonds. The summed E-state index contributed by atoms with van der Waals surface area (Å²) < 4.78 is 0. The number of rotatable bonds is 3. The van der Waals surface area contributed by atoms with Gasteiger partial charge < -0.3 is 10.9 Å². The predicted molar refractivity (Wildman–Crippen MR) is 54.1 cm³/mol. The fourth-order valence-electron chi connectivity index (χ4n) is 1.33. The van der Waals surface area contributed by atoms with Gasteiger partial charge in [-0.1, -0.05) is 11.2 Å². The fourth-order valence-corrected chi connectivity index (χ4v) is 1.33. The molecule has 1 rings (SSSR count). The van der Waals surface area contributed by atoms with Crippen LogP contribution >= 0.6 is 0 Å². The van der Waals surface area contributed by atoms with Crippen LogP contribution < -0.4 is 5.73 Å². The highest BCUT2D eigenvalue weighted by molar-refractivity contribution is 5.86. The zero-order valence-electron chi connectivity index (χ0n) is 8.25. The van der Waals surface area contributed by atoms with Crippen LogP contribution in [-0.4, -0.2) is 35.0 Å². The van der Waals surface area contributed by atoms with Gasteiger partial charge in [-0.3, -0.25) is 9.88 Å². The summed E-state index contributed by atoms with van der Waals surface area (Å²) in [6.07, 6.45) is 3.38. The Bertz CT molecular complexity index is 310. The van der Waals surface area contributed by atoms with Crippen molar-refractivity contribution in [1.82, 2.24) is 9.88 Å². The first kappa shape index (κ1) is 10.5. The molecular weight excluding hydrogens is 180 g/mol. The van der Waals surface area contributed by atoms with Gasteiger partial charge in [0, 0.05) is 12.4 Å². The molecule has 1 atom stereocenters. The first-order valence-electron chi connectivity index (χ1n) is 4.20. The van der Waals surface area contributed by atoms with Gasteiger partial charge >= 0.3 is 0 Å². The molecule has 14 heavy (non-hydrogen) atoms. The van der Waals surface area contributed by atoms with E-state index in [1.54, 1.807) is 12.4 Å². The minimum Gasteiger partial charge on any atom is -0.409 e. The van der Waals surface area contributed by atoms with E-state index < -0.39 is 0 Å². The maximum absolute atomic E-state index is 8.63. The van der Waals surface area contributed by atoms with Crippen molar-refractivity contribution >= 4 is 5.84 Å². The molecule has 0 saturated heterocycles. The van der Waals surface area contributed by atoms with Crippen LogP contribution in [0.5, 0.6) is 0 Å². The predicted octanol–water partition coefficient (Wildman–Crippen LogP) is 0.431. The molecule has 0 radical (unpaired) electrons. The van der Waals surface area contributed by atoms with Gasteiger partial charge in [-0.2, -0.15) is 0 Å². The molecule has 5 heteroatoms. The molecule has 1 heterocycles. The van der Waals surface area contributed by atoms with E-state index in [2.05, 4.69) is 10.1 Å². The lowest BCUT2D eigenvalue weighted by molar-refractivity contribution is 0.301. The van der Waals surface area contributed by atoms with Crippen molar-refractivity contribution in [2.24, 2.45) is 10.9 Å². The monoisotopic (exact) mass is 194 g/mol. The van der Waals surface area contributed by atoms with Crippen LogP contribution in [0.1, 0.15) is 11.6 Å².